The lowest BCUT2D eigenvalue weighted by molar-refractivity contribution is 0.0907. The van der Waals surface area contributed by atoms with Crippen molar-refractivity contribution in [2.24, 2.45) is 0 Å². The van der Waals surface area contributed by atoms with Gasteiger partial charge in [0.15, 0.2) is 11.7 Å². The number of carbonyl (C=O) groups is 1. The van der Waals surface area contributed by atoms with Crippen LogP contribution < -0.4 is 10.6 Å². The van der Waals surface area contributed by atoms with Gasteiger partial charge in [0.2, 0.25) is 5.76 Å². The standard InChI is InChI=1S/C15H22N6O2/c1-4-12-17-9(2)13(23-12)15(22)18-10(3)14-20-19-11-5-6-16-7-8-21(11)14/h10,16H,4-8H2,1-3H3,(H,18,22)/t10-/m1/s1. The number of aryl methyl sites for hydroxylation is 2. The molecule has 2 aromatic rings. The van der Waals surface area contributed by atoms with Crippen LogP contribution in [-0.4, -0.2) is 38.7 Å². The SMILES string of the molecule is CCc1nc(C)c(C(=O)N[C@H](C)c2nnc3n2CCNCC3)o1. The molecule has 1 amide bonds. The lowest BCUT2D eigenvalue weighted by Crippen LogP contribution is -2.29. The van der Waals surface area contributed by atoms with Crippen molar-refractivity contribution in [3.05, 3.63) is 29.0 Å². The first-order valence-corrected chi connectivity index (χ1v) is 8.00. The molecule has 23 heavy (non-hydrogen) atoms. The second-order valence-electron chi connectivity index (χ2n) is 5.70. The van der Waals surface area contributed by atoms with Crippen molar-refractivity contribution in [1.82, 2.24) is 30.4 Å². The highest BCUT2D eigenvalue weighted by atomic mass is 16.4. The highest BCUT2D eigenvalue weighted by molar-refractivity contribution is 5.92. The van der Waals surface area contributed by atoms with Crippen molar-refractivity contribution in [1.29, 1.82) is 0 Å². The Balaban J connectivity index is 1.76. The van der Waals surface area contributed by atoms with Crippen LogP contribution in [0.3, 0.4) is 0 Å². The Labute approximate surface area is 134 Å². The van der Waals surface area contributed by atoms with Gasteiger partial charge in [-0.05, 0) is 13.8 Å². The molecule has 0 fully saturated rings. The number of hydrogen-bond acceptors (Lipinski definition) is 6. The zero-order valence-electron chi connectivity index (χ0n) is 13.7. The van der Waals surface area contributed by atoms with E-state index in [-0.39, 0.29) is 17.7 Å². The highest BCUT2D eigenvalue weighted by Crippen LogP contribution is 2.16. The van der Waals surface area contributed by atoms with Crippen LogP contribution in [0.4, 0.5) is 0 Å². The van der Waals surface area contributed by atoms with E-state index in [2.05, 4.69) is 30.4 Å². The fourth-order valence-corrected chi connectivity index (χ4v) is 2.76. The van der Waals surface area contributed by atoms with Gasteiger partial charge >= 0.3 is 0 Å². The summed E-state index contributed by atoms with van der Waals surface area (Å²) in [7, 11) is 0. The molecule has 8 nitrogen and oxygen atoms in total. The van der Waals surface area contributed by atoms with E-state index >= 15 is 0 Å². The number of carbonyl (C=O) groups excluding carboxylic acids is 1. The molecule has 0 radical (unpaired) electrons. The van der Waals surface area contributed by atoms with E-state index in [0.29, 0.717) is 18.0 Å². The van der Waals surface area contributed by atoms with Gasteiger partial charge in [-0.1, -0.05) is 6.92 Å². The summed E-state index contributed by atoms with van der Waals surface area (Å²) >= 11 is 0. The number of nitrogens with zero attached hydrogens (tertiary/aromatic N) is 4. The maximum atomic E-state index is 12.4. The van der Waals surface area contributed by atoms with E-state index in [4.69, 9.17) is 4.42 Å². The molecule has 0 aliphatic carbocycles. The van der Waals surface area contributed by atoms with Gasteiger partial charge < -0.3 is 19.6 Å². The molecule has 0 bridgehead atoms. The zero-order chi connectivity index (χ0) is 16.4. The first-order chi connectivity index (χ1) is 11.1. The quantitative estimate of drug-likeness (QED) is 0.864. The van der Waals surface area contributed by atoms with Crippen molar-refractivity contribution < 1.29 is 9.21 Å². The van der Waals surface area contributed by atoms with E-state index in [1.54, 1.807) is 6.92 Å². The molecule has 1 aliphatic heterocycles. The largest absolute Gasteiger partial charge is 0.435 e. The second kappa shape index (κ2) is 6.49. The van der Waals surface area contributed by atoms with Crippen molar-refractivity contribution >= 4 is 5.91 Å². The summed E-state index contributed by atoms with van der Waals surface area (Å²) in [5, 5.41) is 14.8. The van der Waals surface area contributed by atoms with Crippen LogP contribution in [0.2, 0.25) is 0 Å². The van der Waals surface area contributed by atoms with Crippen molar-refractivity contribution in [2.45, 2.75) is 46.2 Å². The lowest BCUT2D eigenvalue weighted by atomic mass is 10.2. The van der Waals surface area contributed by atoms with Gasteiger partial charge in [-0.2, -0.15) is 0 Å². The number of hydrogen-bond donors (Lipinski definition) is 2. The molecule has 0 spiro atoms. The molecule has 2 aromatic heterocycles. The molecular formula is C15H22N6O2. The Morgan fingerprint density at radius 3 is 3.00 bits per heavy atom. The molecule has 1 aliphatic rings. The van der Waals surface area contributed by atoms with E-state index in [9.17, 15) is 4.79 Å². The Kier molecular flexibility index (Phi) is 4.42. The minimum atomic E-state index is -0.272. The molecule has 0 unspecified atom stereocenters. The molecule has 3 heterocycles. The van der Waals surface area contributed by atoms with E-state index < -0.39 is 0 Å². The number of aromatic nitrogens is 4. The molecule has 1 atom stereocenters. The minimum Gasteiger partial charge on any atom is -0.435 e. The monoisotopic (exact) mass is 318 g/mol. The first-order valence-electron chi connectivity index (χ1n) is 8.00. The number of amides is 1. The number of fused-ring (bicyclic) bond motifs is 1. The molecule has 3 rings (SSSR count). The number of rotatable bonds is 4. The molecule has 8 heteroatoms. The summed E-state index contributed by atoms with van der Waals surface area (Å²) < 4.78 is 7.58. The fourth-order valence-electron chi connectivity index (χ4n) is 2.76. The zero-order valence-corrected chi connectivity index (χ0v) is 13.7. The maximum Gasteiger partial charge on any atom is 0.289 e. The van der Waals surface area contributed by atoms with Crippen LogP contribution in [0.5, 0.6) is 0 Å². The van der Waals surface area contributed by atoms with Crippen LogP contribution in [0, 0.1) is 6.92 Å². The van der Waals surface area contributed by atoms with E-state index in [1.165, 1.54) is 0 Å². The molecular weight excluding hydrogens is 296 g/mol. The van der Waals surface area contributed by atoms with Gasteiger partial charge in [0, 0.05) is 32.5 Å². The summed E-state index contributed by atoms with van der Waals surface area (Å²) in [5.74, 6) is 2.29. The predicted octanol–water partition coefficient (Wildman–Crippen LogP) is 0.774. The molecule has 124 valence electrons. The summed E-state index contributed by atoms with van der Waals surface area (Å²) in [5.41, 5.74) is 0.607. The third-order valence-electron chi connectivity index (χ3n) is 3.98. The maximum absolute atomic E-state index is 12.4. The van der Waals surface area contributed by atoms with Crippen LogP contribution in [0.1, 0.15) is 53.7 Å². The number of nitrogens with one attached hydrogen (secondary N) is 2. The Bertz CT molecular complexity index is 705. The smallest absolute Gasteiger partial charge is 0.289 e. The van der Waals surface area contributed by atoms with Gasteiger partial charge in [0.25, 0.3) is 5.91 Å². The van der Waals surface area contributed by atoms with Crippen molar-refractivity contribution in [3.63, 3.8) is 0 Å². The average molecular weight is 318 g/mol. The van der Waals surface area contributed by atoms with E-state index in [0.717, 1.165) is 37.7 Å². The van der Waals surface area contributed by atoms with Crippen molar-refractivity contribution in [2.75, 3.05) is 13.1 Å². The summed E-state index contributed by atoms with van der Waals surface area (Å²) in [6.07, 6.45) is 1.50. The minimum absolute atomic E-state index is 0.253. The van der Waals surface area contributed by atoms with Crippen molar-refractivity contribution in [3.8, 4) is 0 Å². The highest BCUT2D eigenvalue weighted by Gasteiger charge is 2.23. The second-order valence-corrected chi connectivity index (χ2v) is 5.70. The predicted molar refractivity (Wildman–Crippen MR) is 83.1 cm³/mol. The normalized spacial score (nSPS) is 15.8. The third-order valence-corrected chi connectivity index (χ3v) is 3.98. The van der Waals surface area contributed by atoms with Crippen LogP contribution in [-0.2, 0) is 19.4 Å². The summed E-state index contributed by atoms with van der Waals surface area (Å²) in [6.45, 7) is 8.20. The molecule has 0 saturated heterocycles. The van der Waals surface area contributed by atoms with Crippen LogP contribution in [0.15, 0.2) is 4.42 Å². The molecule has 2 N–H and O–H groups in total. The Morgan fingerprint density at radius 1 is 1.43 bits per heavy atom. The average Bonchev–Trinajstić information content (AvgIpc) is 3.03. The van der Waals surface area contributed by atoms with Gasteiger partial charge in [0.05, 0.1) is 11.7 Å². The lowest BCUT2D eigenvalue weighted by Gasteiger charge is -2.14. The first kappa shape index (κ1) is 15.7. The Hall–Kier alpha value is -2.22. The topological polar surface area (TPSA) is 97.9 Å². The van der Waals surface area contributed by atoms with Gasteiger partial charge in [-0.25, -0.2) is 4.98 Å². The van der Waals surface area contributed by atoms with Crippen LogP contribution in [0.25, 0.3) is 0 Å². The van der Waals surface area contributed by atoms with Gasteiger partial charge in [0.1, 0.15) is 5.82 Å². The third kappa shape index (κ3) is 3.12. The van der Waals surface area contributed by atoms with Gasteiger partial charge in [-0.3, -0.25) is 4.79 Å². The molecule has 0 aromatic carbocycles. The Morgan fingerprint density at radius 2 is 2.26 bits per heavy atom. The van der Waals surface area contributed by atoms with Crippen LogP contribution >= 0.6 is 0 Å². The summed E-state index contributed by atoms with van der Waals surface area (Å²) in [6, 6.07) is -0.253. The summed E-state index contributed by atoms with van der Waals surface area (Å²) in [4.78, 5) is 16.7. The van der Waals surface area contributed by atoms with E-state index in [1.807, 2.05) is 13.8 Å². The van der Waals surface area contributed by atoms with Gasteiger partial charge in [-0.15, -0.1) is 10.2 Å². The fraction of sp³-hybridized carbons (Fsp3) is 0.600. The molecule has 0 saturated carbocycles. The number of oxazole rings is 1.